The monoisotopic (exact) mass is 558 g/mol. The van der Waals surface area contributed by atoms with Crippen LogP contribution in [-0.2, 0) is 11.2 Å². The van der Waals surface area contributed by atoms with Crippen LogP contribution in [0.4, 0.5) is 16.0 Å². The molecule has 2 saturated heterocycles. The summed E-state index contributed by atoms with van der Waals surface area (Å²) in [6.45, 7) is 8.60. The molecule has 216 valence electrons. The number of aliphatic carboxylic acids is 1. The van der Waals surface area contributed by atoms with Gasteiger partial charge in [-0.1, -0.05) is 61.2 Å². The highest BCUT2D eigenvalue weighted by atomic mass is 19.1. The van der Waals surface area contributed by atoms with Gasteiger partial charge < -0.3 is 20.2 Å². The van der Waals surface area contributed by atoms with E-state index in [1.54, 1.807) is 0 Å². The predicted octanol–water partition coefficient (Wildman–Crippen LogP) is 4.69. The lowest BCUT2D eigenvalue weighted by Gasteiger charge is -2.35. The van der Waals surface area contributed by atoms with Crippen LogP contribution in [0.3, 0.4) is 0 Å². The summed E-state index contributed by atoms with van der Waals surface area (Å²) in [7, 11) is 0. The summed E-state index contributed by atoms with van der Waals surface area (Å²) in [6, 6.07) is 15.3. The van der Waals surface area contributed by atoms with Crippen LogP contribution >= 0.6 is 0 Å². The Morgan fingerprint density at radius 1 is 1.05 bits per heavy atom. The second-order valence-electron chi connectivity index (χ2n) is 10.9. The second-order valence-corrected chi connectivity index (χ2v) is 10.9. The molecule has 1 aromatic heterocycles. The topological polar surface area (TPSA) is 93.6 Å². The van der Waals surface area contributed by atoms with Crippen LogP contribution in [0.25, 0.3) is 17.2 Å². The summed E-state index contributed by atoms with van der Waals surface area (Å²) in [5.41, 5.74) is 4.17. The maximum atomic E-state index is 15.4. The van der Waals surface area contributed by atoms with Gasteiger partial charge in [-0.05, 0) is 67.4 Å². The number of rotatable bonds is 12. The van der Waals surface area contributed by atoms with Gasteiger partial charge in [-0.15, -0.1) is 0 Å². The number of aromatic nitrogens is 2. The number of halogens is 1. The third-order valence-electron chi connectivity index (χ3n) is 8.02. The summed E-state index contributed by atoms with van der Waals surface area (Å²) >= 11 is 0. The molecule has 0 amide bonds. The van der Waals surface area contributed by atoms with E-state index in [9.17, 15) is 9.90 Å². The number of carboxylic acid groups (broad SMARTS) is 1. The van der Waals surface area contributed by atoms with Crippen LogP contribution in [-0.4, -0.2) is 77.3 Å². The fraction of sp³-hybridized carbons (Fsp3) is 0.406. The first-order chi connectivity index (χ1) is 20.0. The maximum Gasteiger partial charge on any atom is 0.321 e. The lowest BCUT2D eigenvalue weighted by atomic mass is 9.98. The quantitative estimate of drug-likeness (QED) is 0.295. The fourth-order valence-electron chi connectivity index (χ4n) is 5.73. The zero-order valence-corrected chi connectivity index (χ0v) is 23.4. The number of carbonyl (C=O) groups is 1. The van der Waals surface area contributed by atoms with E-state index in [-0.39, 0.29) is 17.7 Å². The Bertz CT molecular complexity index is 1310. The van der Waals surface area contributed by atoms with Crippen LogP contribution in [0.15, 0.2) is 61.4 Å². The van der Waals surface area contributed by atoms with E-state index in [0.29, 0.717) is 26.1 Å². The van der Waals surface area contributed by atoms with Gasteiger partial charge in [0.15, 0.2) is 11.6 Å². The molecule has 0 bridgehead atoms. The van der Waals surface area contributed by atoms with Crippen molar-refractivity contribution in [2.24, 2.45) is 0 Å². The molecule has 9 heteroatoms. The Morgan fingerprint density at radius 3 is 2.44 bits per heavy atom. The normalized spacial score (nSPS) is 18.3. The minimum absolute atomic E-state index is 0.103. The van der Waals surface area contributed by atoms with Crippen LogP contribution < -0.4 is 15.5 Å². The van der Waals surface area contributed by atoms with E-state index in [1.807, 2.05) is 47.4 Å². The van der Waals surface area contributed by atoms with Gasteiger partial charge in [-0.25, -0.2) is 9.97 Å². The molecule has 0 spiro atoms. The molecular formula is C32H39FN6O2. The van der Waals surface area contributed by atoms with Crippen molar-refractivity contribution >= 4 is 23.7 Å². The molecule has 3 N–H and O–H groups in total. The first kappa shape index (κ1) is 28.7. The van der Waals surface area contributed by atoms with Gasteiger partial charge in [-0.3, -0.25) is 10.1 Å². The molecule has 3 heterocycles. The lowest BCUT2D eigenvalue weighted by molar-refractivity contribution is -0.139. The predicted molar refractivity (Wildman–Crippen MR) is 162 cm³/mol. The minimum atomic E-state index is -0.899. The Hall–Kier alpha value is -3.82. The Kier molecular flexibility index (Phi) is 9.59. The molecule has 2 atom stereocenters. The number of benzene rings is 2. The maximum absolute atomic E-state index is 15.4. The third-order valence-corrected chi connectivity index (χ3v) is 8.02. The Balaban J connectivity index is 1.18. The van der Waals surface area contributed by atoms with E-state index in [2.05, 4.69) is 44.2 Å². The summed E-state index contributed by atoms with van der Waals surface area (Å²) in [5.74, 6) is -0.876. The van der Waals surface area contributed by atoms with Crippen molar-refractivity contribution in [3.05, 3.63) is 78.4 Å². The van der Waals surface area contributed by atoms with Gasteiger partial charge in [-0.2, -0.15) is 4.39 Å². The van der Waals surface area contributed by atoms with Crippen molar-refractivity contribution in [2.75, 3.05) is 49.5 Å². The highest BCUT2D eigenvalue weighted by Gasteiger charge is 2.28. The molecule has 2 aliphatic heterocycles. The molecule has 1 unspecified atom stereocenters. The number of nitrogens with one attached hydrogen (secondary N) is 2. The number of hydrogen-bond donors (Lipinski definition) is 3. The van der Waals surface area contributed by atoms with Gasteiger partial charge in [0.1, 0.15) is 12.4 Å². The van der Waals surface area contributed by atoms with Crippen molar-refractivity contribution in [1.82, 2.24) is 20.2 Å². The van der Waals surface area contributed by atoms with Gasteiger partial charge in [0.05, 0.1) is 0 Å². The average molecular weight is 559 g/mol. The van der Waals surface area contributed by atoms with Crippen LogP contribution in [0.1, 0.15) is 36.8 Å². The molecule has 0 aliphatic carbocycles. The van der Waals surface area contributed by atoms with Gasteiger partial charge >= 0.3 is 5.97 Å². The van der Waals surface area contributed by atoms with Gasteiger partial charge in [0.2, 0.25) is 5.82 Å². The average Bonchev–Trinajstić information content (AvgIpc) is 3.52. The van der Waals surface area contributed by atoms with E-state index in [0.717, 1.165) is 54.7 Å². The van der Waals surface area contributed by atoms with Crippen molar-refractivity contribution in [3.63, 3.8) is 0 Å². The number of carboxylic acids is 1. The molecule has 2 fully saturated rings. The van der Waals surface area contributed by atoms with Crippen LogP contribution in [0.5, 0.6) is 0 Å². The summed E-state index contributed by atoms with van der Waals surface area (Å²) in [4.78, 5) is 24.8. The summed E-state index contributed by atoms with van der Waals surface area (Å²) in [6.07, 6.45) is 7.62. The third kappa shape index (κ3) is 7.48. The highest BCUT2D eigenvalue weighted by molar-refractivity contribution is 5.74. The molecule has 41 heavy (non-hydrogen) atoms. The number of hydrogen-bond acceptors (Lipinski definition) is 7. The number of likely N-dealkylation sites (tertiary alicyclic amines) is 1. The fourth-order valence-corrected chi connectivity index (χ4v) is 5.73. The summed E-state index contributed by atoms with van der Waals surface area (Å²) < 4.78 is 15.4. The van der Waals surface area contributed by atoms with Crippen LogP contribution in [0.2, 0.25) is 0 Å². The zero-order chi connectivity index (χ0) is 28.6. The lowest BCUT2D eigenvalue weighted by Crippen LogP contribution is -2.52. The van der Waals surface area contributed by atoms with Crippen molar-refractivity contribution in [2.45, 2.75) is 44.2 Å². The first-order valence-electron chi connectivity index (χ1n) is 14.5. The minimum Gasteiger partial charge on any atom is -0.480 e. The highest BCUT2D eigenvalue weighted by Crippen LogP contribution is 2.25. The van der Waals surface area contributed by atoms with Gasteiger partial charge in [0.25, 0.3) is 0 Å². The van der Waals surface area contributed by atoms with Crippen molar-refractivity contribution < 1.29 is 14.3 Å². The molecular weight excluding hydrogens is 519 g/mol. The zero-order valence-electron chi connectivity index (χ0n) is 23.4. The largest absolute Gasteiger partial charge is 0.480 e. The molecule has 2 aromatic carbocycles. The molecule has 0 saturated carbocycles. The molecule has 0 radical (unpaired) electrons. The standard InChI is InChI=1S/C32H39FN6O2/c1-2-23-7-11-25(12-8-23)26-13-9-24(10-14-26)20-28(32(40)41)37-27-6-5-18-39(21-27)31-29(33)30(35-22-36-31)34-15-19-38-16-3-4-17-38/h2,7-14,22,27-28,37H,1,3-6,15-21H2,(H,40,41)(H,34,35,36)/t27?,28-/m0/s1. The van der Waals surface area contributed by atoms with E-state index < -0.39 is 17.8 Å². The molecule has 8 nitrogen and oxygen atoms in total. The summed E-state index contributed by atoms with van der Waals surface area (Å²) in [5, 5.41) is 16.5. The van der Waals surface area contributed by atoms with Crippen molar-refractivity contribution in [1.29, 1.82) is 0 Å². The van der Waals surface area contributed by atoms with Crippen LogP contribution in [0, 0.1) is 5.82 Å². The van der Waals surface area contributed by atoms with E-state index in [4.69, 9.17) is 0 Å². The molecule has 2 aliphatic rings. The Labute approximate surface area is 241 Å². The molecule has 5 rings (SSSR count). The Morgan fingerprint density at radius 2 is 1.76 bits per heavy atom. The second kappa shape index (κ2) is 13.7. The number of anilines is 2. The van der Waals surface area contributed by atoms with Gasteiger partial charge in [0, 0.05) is 32.2 Å². The first-order valence-corrected chi connectivity index (χ1v) is 14.5. The van der Waals surface area contributed by atoms with E-state index in [1.165, 1.54) is 19.2 Å². The SMILES string of the molecule is C=Cc1ccc(-c2ccc(C[C@H](NC3CCCN(c4ncnc(NCCN5CCCC5)c4F)C3)C(=O)O)cc2)cc1. The van der Waals surface area contributed by atoms with Crippen molar-refractivity contribution in [3.8, 4) is 11.1 Å². The number of piperidine rings is 1. The van der Waals surface area contributed by atoms with E-state index >= 15 is 4.39 Å². The molecule has 3 aromatic rings. The smallest absolute Gasteiger partial charge is 0.321 e. The number of nitrogens with zero attached hydrogens (tertiary/aromatic N) is 4.